The van der Waals surface area contributed by atoms with Gasteiger partial charge in [-0.1, -0.05) is 93.2 Å². The second-order valence-corrected chi connectivity index (χ2v) is 8.85. The molecule has 0 spiro atoms. The standard InChI is InChI=1S/C29H30ClNO.C2H6/c1-5-23(27(6-2)29(3,4)32)12-8-11-21-9-7-10-22(19-21)13-17-26-18-15-24-14-16-25(30)20-28(24)31-26;1-2/h5-7,9-10,13-20,32H,1-2,8,11-12H2,3-4H3;1-2H3/b17-13+,27-23-;. The van der Waals surface area contributed by atoms with Crippen LogP contribution in [0.25, 0.3) is 23.1 Å². The van der Waals surface area contributed by atoms with Crippen LogP contribution >= 0.6 is 11.6 Å². The zero-order valence-electron chi connectivity index (χ0n) is 20.8. The molecule has 3 rings (SSSR count). The Labute approximate surface area is 210 Å². The smallest absolute Gasteiger partial charge is 0.0842 e. The molecule has 34 heavy (non-hydrogen) atoms. The van der Waals surface area contributed by atoms with E-state index in [9.17, 15) is 5.11 Å². The van der Waals surface area contributed by atoms with E-state index in [4.69, 9.17) is 11.6 Å². The Morgan fingerprint density at radius 3 is 2.41 bits per heavy atom. The van der Waals surface area contributed by atoms with Crippen LogP contribution in [0.3, 0.4) is 0 Å². The van der Waals surface area contributed by atoms with Crippen molar-refractivity contribution in [2.24, 2.45) is 0 Å². The van der Waals surface area contributed by atoms with Crippen molar-refractivity contribution in [1.82, 2.24) is 4.98 Å². The van der Waals surface area contributed by atoms with Gasteiger partial charge in [-0.15, -0.1) is 0 Å². The molecule has 3 aromatic rings. The summed E-state index contributed by atoms with van der Waals surface area (Å²) in [6.45, 7) is 15.3. The lowest BCUT2D eigenvalue weighted by Gasteiger charge is -2.22. The van der Waals surface area contributed by atoms with E-state index in [0.29, 0.717) is 5.02 Å². The fourth-order valence-corrected chi connectivity index (χ4v) is 4.00. The van der Waals surface area contributed by atoms with E-state index in [1.54, 1.807) is 19.9 Å². The maximum absolute atomic E-state index is 10.4. The predicted molar refractivity (Wildman–Crippen MR) is 150 cm³/mol. The minimum absolute atomic E-state index is 0.691. The number of halogens is 1. The lowest BCUT2D eigenvalue weighted by molar-refractivity contribution is 0.122. The third-order valence-corrected chi connectivity index (χ3v) is 5.68. The van der Waals surface area contributed by atoms with Crippen molar-refractivity contribution < 1.29 is 5.11 Å². The molecule has 2 nitrogen and oxygen atoms in total. The zero-order chi connectivity index (χ0) is 25.1. The molecule has 0 aliphatic carbocycles. The molecule has 0 atom stereocenters. The summed E-state index contributed by atoms with van der Waals surface area (Å²) >= 11 is 6.10. The fraction of sp³-hybridized carbons (Fsp3) is 0.258. The normalized spacial score (nSPS) is 12.2. The van der Waals surface area contributed by atoms with Crippen LogP contribution in [-0.2, 0) is 6.42 Å². The highest BCUT2D eigenvalue weighted by molar-refractivity contribution is 6.31. The Bertz CT molecular complexity index is 1180. The van der Waals surface area contributed by atoms with Gasteiger partial charge in [0.1, 0.15) is 0 Å². The first kappa shape index (κ1) is 27.3. The Hall–Kier alpha value is -2.94. The second-order valence-electron chi connectivity index (χ2n) is 8.41. The molecule has 0 amide bonds. The van der Waals surface area contributed by atoms with Crippen LogP contribution < -0.4 is 0 Å². The molecule has 1 heterocycles. The molecule has 178 valence electrons. The van der Waals surface area contributed by atoms with Crippen LogP contribution in [-0.4, -0.2) is 15.7 Å². The molecule has 0 saturated heterocycles. The predicted octanol–water partition coefficient (Wildman–Crippen LogP) is 8.85. The first-order valence-corrected chi connectivity index (χ1v) is 12.2. The number of fused-ring (bicyclic) bond motifs is 1. The molecule has 0 bridgehead atoms. The highest BCUT2D eigenvalue weighted by atomic mass is 35.5. The van der Waals surface area contributed by atoms with E-state index < -0.39 is 5.60 Å². The molecule has 0 unspecified atom stereocenters. The van der Waals surface area contributed by atoms with Crippen LogP contribution in [0.15, 0.2) is 91.1 Å². The third kappa shape index (κ3) is 7.83. The molecule has 1 N–H and O–H groups in total. The van der Waals surface area contributed by atoms with Gasteiger partial charge in [0.05, 0.1) is 16.8 Å². The third-order valence-electron chi connectivity index (χ3n) is 5.44. The van der Waals surface area contributed by atoms with Gasteiger partial charge in [-0.3, -0.25) is 0 Å². The molecule has 3 heteroatoms. The summed E-state index contributed by atoms with van der Waals surface area (Å²) in [4.78, 5) is 4.68. The number of rotatable bonds is 9. The summed E-state index contributed by atoms with van der Waals surface area (Å²) in [6.07, 6.45) is 10.4. The largest absolute Gasteiger partial charge is 0.386 e. The quantitative estimate of drug-likeness (QED) is 0.315. The van der Waals surface area contributed by atoms with Gasteiger partial charge >= 0.3 is 0 Å². The van der Waals surface area contributed by atoms with Crippen molar-refractivity contribution in [3.63, 3.8) is 0 Å². The van der Waals surface area contributed by atoms with Crippen molar-refractivity contribution in [2.75, 3.05) is 0 Å². The van der Waals surface area contributed by atoms with Gasteiger partial charge in [0.25, 0.3) is 0 Å². The summed E-state index contributed by atoms with van der Waals surface area (Å²) in [7, 11) is 0. The van der Waals surface area contributed by atoms with E-state index in [-0.39, 0.29) is 0 Å². The Kier molecular flexibility index (Phi) is 10.5. The van der Waals surface area contributed by atoms with Gasteiger partial charge in [0.2, 0.25) is 0 Å². The lowest BCUT2D eigenvalue weighted by atomic mass is 9.90. The molecule has 2 aromatic carbocycles. The Morgan fingerprint density at radius 1 is 1.00 bits per heavy atom. The monoisotopic (exact) mass is 473 g/mol. The van der Waals surface area contributed by atoms with Gasteiger partial charge < -0.3 is 5.11 Å². The minimum Gasteiger partial charge on any atom is -0.386 e. The van der Waals surface area contributed by atoms with Crippen LogP contribution in [0, 0.1) is 0 Å². The van der Waals surface area contributed by atoms with E-state index in [2.05, 4.69) is 54.5 Å². The number of pyridine rings is 1. The van der Waals surface area contributed by atoms with E-state index in [1.807, 2.05) is 50.3 Å². The fourth-order valence-electron chi connectivity index (χ4n) is 3.84. The number of aliphatic hydroxyl groups is 1. The van der Waals surface area contributed by atoms with Gasteiger partial charge in [-0.25, -0.2) is 4.98 Å². The number of allylic oxidation sites excluding steroid dienone is 2. The summed E-state index contributed by atoms with van der Waals surface area (Å²) in [6, 6.07) is 18.3. The SMILES string of the molecule is C=C/C(CCCc1cccc(/C=C/c2ccc3ccc(Cl)cc3n2)c1)=C(\C=C)C(C)(C)O.CC. The van der Waals surface area contributed by atoms with Gasteiger partial charge in [0, 0.05) is 10.4 Å². The first-order valence-electron chi connectivity index (χ1n) is 11.8. The Morgan fingerprint density at radius 2 is 1.74 bits per heavy atom. The number of benzene rings is 2. The maximum atomic E-state index is 10.4. The second kappa shape index (κ2) is 13.1. The topological polar surface area (TPSA) is 33.1 Å². The highest BCUT2D eigenvalue weighted by Crippen LogP contribution is 2.25. The number of hydrogen-bond donors (Lipinski definition) is 1. The summed E-state index contributed by atoms with van der Waals surface area (Å²) < 4.78 is 0. The lowest BCUT2D eigenvalue weighted by Crippen LogP contribution is -2.22. The van der Waals surface area contributed by atoms with Crippen molar-refractivity contribution in [1.29, 1.82) is 0 Å². The molecule has 0 saturated carbocycles. The summed E-state index contributed by atoms with van der Waals surface area (Å²) in [5.41, 5.74) is 5.17. The van der Waals surface area contributed by atoms with Gasteiger partial charge in [-0.2, -0.15) is 0 Å². The molecule has 0 fully saturated rings. The van der Waals surface area contributed by atoms with Crippen molar-refractivity contribution in [3.05, 3.63) is 113 Å². The number of nitrogens with zero attached hydrogens (tertiary/aromatic N) is 1. The average molecular weight is 474 g/mol. The molecular formula is C31H36ClNO. The van der Waals surface area contributed by atoms with Gasteiger partial charge in [0.15, 0.2) is 0 Å². The number of hydrogen-bond acceptors (Lipinski definition) is 2. The molecule has 0 radical (unpaired) electrons. The maximum Gasteiger partial charge on any atom is 0.0842 e. The van der Waals surface area contributed by atoms with Crippen LogP contribution in [0.4, 0.5) is 0 Å². The molecular weight excluding hydrogens is 438 g/mol. The summed E-state index contributed by atoms with van der Waals surface area (Å²) in [5, 5.41) is 12.1. The van der Waals surface area contributed by atoms with Crippen molar-refractivity contribution >= 4 is 34.7 Å². The zero-order valence-corrected chi connectivity index (χ0v) is 21.6. The van der Waals surface area contributed by atoms with E-state index in [0.717, 1.165) is 52.6 Å². The van der Waals surface area contributed by atoms with Crippen molar-refractivity contribution in [2.45, 2.75) is 52.6 Å². The average Bonchev–Trinajstić information content (AvgIpc) is 2.82. The Balaban J connectivity index is 0.00000199. The van der Waals surface area contributed by atoms with Crippen LogP contribution in [0.1, 0.15) is 57.4 Å². The van der Waals surface area contributed by atoms with Gasteiger partial charge in [-0.05, 0) is 79.7 Å². The van der Waals surface area contributed by atoms with E-state index >= 15 is 0 Å². The van der Waals surface area contributed by atoms with Crippen molar-refractivity contribution in [3.8, 4) is 0 Å². The number of aromatic nitrogens is 1. The molecule has 0 aliphatic heterocycles. The van der Waals surface area contributed by atoms with Crippen LogP contribution in [0.2, 0.25) is 5.02 Å². The molecule has 1 aromatic heterocycles. The summed E-state index contributed by atoms with van der Waals surface area (Å²) in [5.74, 6) is 0. The highest BCUT2D eigenvalue weighted by Gasteiger charge is 2.19. The van der Waals surface area contributed by atoms with Crippen LogP contribution in [0.5, 0.6) is 0 Å². The molecule has 0 aliphatic rings. The minimum atomic E-state index is -0.919. The van der Waals surface area contributed by atoms with E-state index in [1.165, 1.54) is 5.56 Å². The first-order chi connectivity index (χ1) is 16.3. The number of aryl methyl sites for hydroxylation is 1.